The highest BCUT2D eigenvalue weighted by atomic mass is 35.7. The molecule has 120 valence electrons. The van der Waals surface area contributed by atoms with Crippen molar-refractivity contribution in [1.29, 1.82) is 0 Å². The van der Waals surface area contributed by atoms with Gasteiger partial charge in [0.25, 0.3) is 0 Å². The minimum absolute atomic E-state index is 0.0344. The molecule has 0 radical (unpaired) electrons. The van der Waals surface area contributed by atoms with Crippen LogP contribution in [0.4, 0.5) is 0 Å². The van der Waals surface area contributed by atoms with Crippen molar-refractivity contribution in [2.75, 3.05) is 12.4 Å². The molecule has 0 saturated carbocycles. The monoisotopic (exact) mass is 332 g/mol. The largest absolute Gasteiger partial charge is 0.493 e. The molecule has 0 aliphatic carbocycles. The summed E-state index contributed by atoms with van der Waals surface area (Å²) in [5, 5.41) is 0. The number of hydrogen-bond acceptors (Lipinski definition) is 3. The van der Waals surface area contributed by atoms with Crippen LogP contribution in [-0.4, -0.2) is 20.8 Å². The van der Waals surface area contributed by atoms with Gasteiger partial charge in [0, 0.05) is 16.6 Å². The molecule has 0 saturated heterocycles. The Bertz CT molecular complexity index is 511. The molecule has 2 atom stereocenters. The molecule has 0 fully saturated rings. The summed E-state index contributed by atoms with van der Waals surface area (Å²) < 4.78 is 28.1. The van der Waals surface area contributed by atoms with Crippen LogP contribution in [0.15, 0.2) is 24.3 Å². The van der Waals surface area contributed by atoms with Gasteiger partial charge in [0.1, 0.15) is 5.75 Å². The average molecular weight is 333 g/mol. The topological polar surface area (TPSA) is 43.4 Å². The lowest BCUT2D eigenvalue weighted by Crippen LogP contribution is -2.19. The third kappa shape index (κ3) is 7.18. The highest BCUT2D eigenvalue weighted by Crippen LogP contribution is 2.22. The van der Waals surface area contributed by atoms with Crippen LogP contribution in [0.5, 0.6) is 5.75 Å². The van der Waals surface area contributed by atoms with Crippen LogP contribution in [0.3, 0.4) is 0 Å². The Balaban J connectivity index is 2.59. The van der Waals surface area contributed by atoms with Gasteiger partial charge in [-0.25, -0.2) is 8.42 Å². The summed E-state index contributed by atoms with van der Waals surface area (Å²) >= 11 is 0. The average Bonchev–Trinajstić information content (AvgIpc) is 2.43. The second-order valence-electron chi connectivity index (χ2n) is 5.55. The summed E-state index contributed by atoms with van der Waals surface area (Å²) in [5.41, 5.74) is 1.29. The van der Waals surface area contributed by atoms with Gasteiger partial charge < -0.3 is 4.74 Å². The van der Waals surface area contributed by atoms with Gasteiger partial charge in [-0.05, 0) is 36.5 Å². The Morgan fingerprint density at radius 1 is 1.19 bits per heavy atom. The van der Waals surface area contributed by atoms with Crippen molar-refractivity contribution in [3.05, 3.63) is 29.8 Å². The zero-order chi connectivity index (χ0) is 15.9. The molecule has 0 amide bonds. The molecule has 0 heterocycles. The second-order valence-corrected chi connectivity index (χ2v) is 8.37. The van der Waals surface area contributed by atoms with Crippen LogP contribution in [0.25, 0.3) is 0 Å². The highest BCUT2D eigenvalue weighted by molar-refractivity contribution is 8.13. The lowest BCUT2D eigenvalue weighted by atomic mass is 9.99. The van der Waals surface area contributed by atoms with Crippen LogP contribution in [-0.2, 0) is 9.05 Å². The molecular formula is C16H25ClO3S. The highest BCUT2D eigenvalue weighted by Gasteiger charge is 2.17. The van der Waals surface area contributed by atoms with E-state index in [1.54, 1.807) is 0 Å². The van der Waals surface area contributed by atoms with E-state index < -0.39 is 9.05 Å². The van der Waals surface area contributed by atoms with Crippen molar-refractivity contribution in [3.8, 4) is 5.75 Å². The van der Waals surface area contributed by atoms with Crippen molar-refractivity contribution in [2.24, 2.45) is 5.92 Å². The molecule has 1 aromatic carbocycles. The number of hydrogen-bond donors (Lipinski definition) is 0. The van der Waals surface area contributed by atoms with E-state index in [1.807, 2.05) is 19.1 Å². The third-order valence-corrected chi connectivity index (χ3v) is 4.93. The van der Waals surface area contributed by atoms with E-state index in [0.29, 0.717) is 12.5 Å². The van der Waals surface area contributed by atoms with Crippen molar-refractivity contribution in [3.63, 3.8) is 0 Å². The van der Waals surface area contributed by atoms with E-state index in [-0.39, 0.29) is 11.7 Å². The van der Waals surface area contributed by atoms with Crippen LogP contribution in [0.2, 0.25) is 0 Å². The Labute approximate surface area is 133 Å². The Morgan fingerprint density at radius 2 is 1.81 bits per heavy atom. The maximum atomic E-state index is 11.2. The molecule has 1 rings (SSSR count). The molecule has 0 bridgehead atoms. The number of rotatable bonds is 9. The van der Waals surface area contributed by atoms with Gasteiger partial charge in [0.2, 0.25) is 9.05 Å². The smallest absolute Gasteiger partial charge is 0.232 e. The first-order valence-corrected chi connectivity index (χ1v) is 9.98. The fourth-order valence-corrected chi connectivity index (χ4v) is 3.61. The van der Waals surface area contributed by atoms with E-state index in [4.69, 9.17) is 15.4 Å². The summed E-state index contributed by atoms with van der Waals surface area (Å²) in [6, 6.07) is 8.02. The van der Waals surface area contributed by atoms with Gasteiger partial charge in [-0.1, -0.05) is 39.3 Å². The van der Waals surface area contributed by atoms with E-state index >= 15 is 0 Å². The second kappa shape index (κ2) is 8.64. The van der Waals surface area contributed by atoms with Crippen LogP contribution >= 0.6 is 10.7 Å². The molecule has 1 aromatic rings. The Morgan fingerprint density at radius 3 is 2.29 bits per heavy atom. The van der Waals surface area contributed by atoms with Gasteiger partial charge in [-0.2, -0.15) is 0 Å². The van der Waals surface area contributed by atoms with Gasteiger partial charge >= 0.3 is 0 Å². The zero-order valence-electron chi connectivity index (χ0n) is 13.0. The molecule has 2 unspecified atom stereocenters. The van der Waals surface area contributed by atoms with Gasteiger partial charge in [0.15, 0.2) is 0 Å². The normalized spacial score (nSPS) is 14.7. The molecule has 0 spiro atoms. The van der Waals surface area contributed by atoms with Gasteiger partial charge in [-0.3, -0.25) is 0 Å². The predicted molar refractivity (Wildman–Crippen MR) is 88.7 cm³/mol. The van der Waals surface area contributed by atoms with Crippen LogP contribution in [0, 0.1) is 5.92 Å². The van der Waals surface area contributed by atoms with E-state index in [0.717, 1.165) is 25.0 Å². The number of halogens is 1. The molecule has 0 aliphatic rings. The van der Waals surface area contributed by atoms with E-state index in [1.165, 1.54) is 5.56 Å². The summed E-state index contributed by atoms with van der Waals surface area (Å²) in [6.07, 6.45) is 2.80. The lowest BCUT2D eigenvalue weighted by molar-refractivity contribution is 0.253. The first-order valence-electron chi connectivity index (χ1n) is 7.50. The SMILES string of the molecule is CCCC(COc1ccc(C(C)CC)cc1)CS(=O)(=O)Cl. The maximum Gasteiger partial charge on any atom is 0.232 e. The minimum Gasteiger partial charge on any atom is -0.493 e. The van der Waals surface area contributed by atoms with Crippen molar-refractivity contribution < 1.29 is 13.2 Å². The molecule has 3 nitrogen and oxygen atoms in total. The Hall–Kier alpha value is -0.740. The van der Waals surface area contributed by atoms with Crippen LogP contribution < -0.4 is 4.74 Å². The summed E-state index contributed by atoms with van der Waals surface area (Å²) in [4.78, 5) is 0. The zero-order valence-corrected chi connectivity index (χ0v) is 14.6. The third-order valence-electron chi connectivity index (χ3n) is 3.68. The quantitative estimate of drug-likeness (QED) is 0.622. The first-order chi connectivity index (χ1) is 9.85. The molecule has 0 aliphatic heterocycles. The first kappa shape index (κ1) is 18.3. The number of ether oxygens (including phenoxy) is 1. The van der Waals surface area contributed by atoms with Crippen molar-refractivity contribution in [2.45, 2.75) is 46.0 Å². The maximum absolute atomic E-state index is 11.2. The van der Waals surface area contributed by atoms with Gasteiger partial charge in [0.05, 0.1) is 12.4 Å². The molecule has 5 heteroatoms. The predicted octanol–water partition coefficient (Wildman–Crippen LogP) is 4.56. The summed E-state index contributed by atoms with van der Waals surface area (Å²) in [5.74, 6) is 1.21. The minimum atomic E-state index is -3.48. The number of benzene rings is 1. The van der Waals surface area contributed by atoms with E-state index in [2.05, 4.69) is 26.0 Å². The van der Waals surface area contributed by atoms with Crippen LogP contribution in [0.1, 0.15) is 51.5 Å². The molecule has 0 aromatic heterocycles. The fourth-order valence-electron chi connectivity index (χ4n) is 2.25. The van der Waals surface area contributed by atoms with Gasteiger partial charge in [-0.15, -0.1) is 0 Å². The summed E-state index contributed by atoms with van der Waals surface area (Å²) in [6.45, 7) is 6.76. The molecule has 21 heavy (non-hydrogen) atoms. The molecule has 0 N–H and O–H groups in total. The molecular weight excluding hydrogens is 308 g/mol. The summed E-state index contributed by atoms with van der Waals surface area (Å²) in [7, 11) is 1.85. The van der Waals surface area contributed by atoms with Crippen molar-refractivity contribution >= 4 is 19.7 Å². The van der Waals surface area contributed by atoms with E-state index in [9.17, 15) is 8.42 Å². The van der Waals surface area contributed by atoms with Crippen molar-refractivity contribution in [1.82, 2.24) is 0 Å². The fraction of sp³-hybridized carbons (Fsp3) is 0.625. The lowest BCUT2D eigenvalue weighted by Gasteiger charge is -2.16. The standard InChI is InChI=1S/C16H25ClO3S/c1-4-6-14(12-21(17,18)19)11-20-16-9-7-15(8-10-16)13(3)5-2/h7-10,13-14H,4-6,11-12H2,1-3H3. The Kier molecular flexibility index (Phi) is 7.53.